The zero-order valence-electron chi connectivity index (χ0n) is 15.5. The highest BCUT2D eigenvalue weighted by Gasteiger charge is 2.40. The maximum absolute atomic E-state index is 6.12. The largest absolute Gasteiger partial charge is 0.375 e. The highest BCUT2D eigenvalue weighted by Crippen LogP contribution is 2.39. The molecule has 142 valence electrons. The monoisotopic (exact) mass is 462 g/mol. The molecule has 1 saturated heterocycles. The third-order valence-corrected chi connectivity index (χ3v) is 5.25. The zero-order valence-corrected chi connectivity index (χ0v) is 17.9. The third-order valence-electron chi connectivity index (χ3n) is 5.25. The molecule has 0 amide bonds. The van der Waals surface area contributed by atoms with Crippen LogP contribution in [0.2, 0.25) is 0 Å². The van der Waals surface area contributed by atoms with Gasteiger partial charge in [0, 0.05) is 26.2 Å². The Kier molecular flexibility index (Phi) is 7.48. The van der Waals surface area contributed by atoms with Gasteiger partial charge in [0.1, 0.15) is 12.4 Å². The highest BCUT2D eigenvalue weighted by atomic mass is 127. The number of rotatable bonds is 4. The molecule has 1 atom stereocenters. The van der Waals surface area contributed by atoms with Gasteiger partial charge in [0.25, 0.3) is 0 Å². The molecule has 1 aliphatic heterocycles. The maximum Gasteiger partial charge on any atom is 0.191 e. The van der Waals surface area contributed by atoms with E-state index in [2.05, 4.69) is 27.8 Å². The van der Waals surface area contributed by atoms with Gasteiger partial charge < -0.3 is 19.9 Å². The molecular weight excluding hydrogens is 431 g/mol. The molecule has 0 aromatic carbocycles. The summed E-state index contributed by atoms with van der Waals surface area (Å²) in [4.78, 5) is 4.70. The maximum atomic E-state index is 6.12. The number of halogens is 1. The topological polar surface area (TPSA) is 76.4 Å². The van der Waals surface area contributed by atoms with Crippen molar-refractivity contribution >= 4 is 29.9 Å². The van der Waals surface area contributed by atoms with Crippen molar-refractivity contribution in [2.45, 2.75) is 70.6 Å². The van der Waals surface area contributed by atoms with E-state index in [1.165, 1.54) is 25.7 Å². The minimum absolute atomic E-state index is 0. The highest BCUT2D eigenvalue weighted by molar-refractivity contribution is 14.0. The van der Waals surface area contributed by atoms with Crippen LogP contribution in [0.5, 0.6) is 0 Å². The number of aromatic nitrogens is 3. The second-order valence-corrected chi connectivity index (χ2v) is 6.99. The van der Waals surface area contributed by atoms with Gasteiger partial charge in [-0.3, -0.25) is 0 Å². The van der Waals surface area contributed by atoms with Crippen LogP contribution in [0.1, 0.15) is 57.1 Å². The quantitative estimate of drug-likeness (QED) is 0.408. The van der Waals surface area contributed by atoms with Gasteiger partial charge in [-0.05, 0) is 39.5 Å². The minimum atomic E-state index is 0. The summed E-state index contributed by atoms with van der Waals surface area (Å²) in [6.07, 6.45) is 7.13. The van der Waals surface area contributed by atoms with Crippen molar-refractivity contribution in [3.8, 4) is 0 Å². The number of aryl methyl sites for hydroxylation is 1. The SMILES string of the molecule is CCNC(=NCc1nnc(C)n1C)NC1CCOC2(CCCC2)C1.I. The van der Waals surface area contributed by atoms with E-state index < -0.39 is 0 Å². The molecule has 0 radical (unpaired) electrons. The molecule has 2 aliphatic rings. The van der Waals surface area contributed by atoms with Crippen molar-refractivity contribution in [2.24, 2.45) is 12.0 Å². The first kappa shape index (κ1) is 20.4. The molecule has 7 nitrogen and oxygen atoms in total. The van der Waals surface area contributed by atoms with E-state index in [1.807, 2.05) is 18.5 Å². The van der Waals surface area contributed by atoms with Crippen molar-refractivity contribution in [1.82, 2.24) is 25.4 Å². The Labute approximate surface area is 167 Å². The second-order valence-electron chi connectivity index (χ2n) is 6.99. The molecule has 1 spiro atoms. The van der Waals surface area contributed by atoms with Gasteiger partial charge in [-0.15, -0.1) is 34.2 Å². The molecule has 1 aromatic heterocycles. The lowest BCUT2D eigenvalue weighted by Crippen LogP contribution is -2.50. The normalized spacial score (nSPS) is 22.7. The Balaban J connectivity index is 0.00000225. The molecule has 2 N–H and O–H groups in total. The van der Waals surface area contributed by atoms with E-state index in [1.54, 1.807) is 0 Å². The average molecular weight is 462 g/mol. The standard InChI is InChI=1S/C17H30N6O.HI/c1-4-18-16(19-12-15-22-21-13(2)23(15)3)20-14-7-10-24-17(11-14)8-5-6-9-17;/h14H,4-12H2,1-3H3,(H2,18,19,20);1H. The summed E-state index contributed by atoms with van der Waals surface area (Å²) >= 11 is 0. The van der Waals surface area contributed by atoms with E-state index in [0.29, 0.717) is 12.6 Å². The molecule has 1 saturated carbocycles. The predicted octanol–water partition coefficient (Wildman–Crippen LogP) is 2.29. The van der Waals surface area contributed by atoms with Crippen LogP contribution < -0.4 is 10.6 Å². The smallest absolute Gasteiger partial charge is 0.191 e. The van der Waals surface area contributed by atoms with E-state index >= 15 is 0 Å². The first-order chi connectivity index (χ1) is 11.6. The fourth-order valence-electron chi connectivity index (χ4n) is 3.77. The Morgan fingerprint density at radius 2 is 2.12 bits per heavy atom. The van der Waals surface area contributed by atoms with Crippen LogP contribution in [0, 0.1) is 6.92 Å². The van der Waals surface area contributed by atoms with Crippen molar-refractivity contribution in [1.29, 1.82) is 0 Å². The van der Waals surface area contributed by atoms with Crippen molar-refractivity contribution in [2.75, 3.05) is 13.2 Å². The zero-order chi connectivity index (χ0) is 17.0. The lowest BCUT2D eigenvalue weighted by atomic mass is 9.89. The summed E-state index contributed by atoms with van der Waals surface area (Å²) in [5.41, 5.74) is 0.119. The fraction of sp³-hybridized carbons (Fsp3) is 0.824. The van der Waals surface area contributed by atoms with Gasteiger partial charge in [0.2, 0.25) is 0 Å². The number of hydrogen-bond donors (Lipinski definition) is 2. The summed E-state index contributed by atoms with van der Waals surface area (Å²) in [6.45, 7) is 6.26. The van der Waals surface area contributed by atoms with Gasteiger partial charge in [-0.25, -0.2) is 4.99 Å². The lowest BCUT2D eigenvalue weighted by molar-refractivity contribution is -0.0815. The van der Waals surface area contributed by atoms with Crippen LogP contribution in [-0.2, 0) is 18.3 Å². The van der Waals surface area contributed by atoms with E-state index in [4.69, 9.17) is 9.73 Å². The first-order valence-electron chi connectivity index (χ1n) is 9.15. The lowest BCUT2D eigenvalue weighted by Gasteiger charge is -2.39. The third kappa shape index (κ3) is 5.06. The van der Waals surface area contributed by atoms with Gasteiger partial charge >= 0.3 is 0 Å². The molecule has 1 aromatic rings. The van der Waals surface area contributed by atoms with Gasteiger partial charge in [-0.1, -0.05) is 12.8 Å². The molecule has 2 fully saturated rings. The Morgan fingerprint density at radius 1 is 1.36 bits per heavy atom. The molecule has 2 heterocycles. The number of aliphatic imine (C=N–C) groups is 1. The number of nitrogens with zero attached hydrogens (tertiary/aromatic N) is 4. The minimum Gasteiger partial charge on any atom is -0.375 e. The summed E-state index contributed by atoms with van der Waals surface area (Å²) in [7, 11) is 1.98. The second kappa shape index (κ2) is 9.16. The van der Waals surface area contributed by atoms with Gasteiger partial charge in [0.05, 0.1) is 5.60 Å². The Morgan fingerprint density at radius 3 is 2.76 bits per heavy atom. The fourth-order valence-corrected chi connectivity index (χ4v) is 3.77. The first-order valence-corrected chi connectivity index (χ1v) is 9.15. The molecule has 3 rings (SSSR count). The number of nitrogens with one attached hydrogen (secondary N) is 2. The van der Waals surface area contributed by atoms with Crippen molar-refractivity contribution < 1.29 is 4.74 Å². The Bertz CT molecular complexity index is 582. The van der Waals surface area contributed by atoms with Gasteiger partial charge in [0.15, 0.2) is 11.8 Å². The van der Waals surface area contributed by atoms with Crippen molar-refractivity contribution in [3.63, 3.8) is 0 Å². The summed E-state index contributed by atoms with van der Waals surface area (Å²) < 4.78 is 8.11. The molecular formula is C17H31IN6O. The summed E-state index contributed by atoms with van der Waals surface area (Å²) in [6, 6.07) is 0.427. The summed E-state index contributed by atoms with van der Waals surface area (Å²) in [5.74, 6) is 2.65. The molecule has 1 aliphatic carbocycles. The van der Waals surface area contributed by atoms with Crippen molar-refractivity contribution in [3.05, 3.63) is 11.6 Å². The van der Waals surface area contributed by atoms with Crippen LogP contribution in [-0.4, -0.2) is 45.5 Å². The van der Waals surface area contributed by atoms with E-state index in [-0.39, 0.29) is 29.6 Å². The van der Waals surface area contributed by atoms with E-state index in [0.717, 1.165) is 43.6 Å². The molecule has 25 heavy (non-hydrogen) atoms. The number of ether oxygens (including phenoxy) is 1. The summed E-state index contributed by atoms with van der Waals surface area (Å²) in [5, 5.41) is 15.2. The van der Waals surface area contributed by atoms with Crippen LogP contribution in [0.25, 0.3) is 0 Å². The van der Waals surface area contributed by atoms with Crippen LogP contribution in [0.15, 0.2) is 4.99 Å². The van der Waals surface area contributed by atoms with Crippen LogP contribution >= 0.6 is 24.0 Å². The van der Waals surface area contributed by atoms with Crippen LogP contribution in [0.3, 0.4) is 0 Å². The molecule has 8 heteroatoms. The van der Waals surface area contributed by atoms with Gasteiger partial charge in [-0.2, -0.15) is 0 Å². The predicted molar refractivity (Wildman–Crippen MR) is 109 cm³/mol. The molecule has 0 bridgehead atoms. The number of hydrogen-bond acceptors (Lipinski definition) is 4. The van der Waals surface area contributed by atoms with E-state index in [9.17, 15) is 0 Å². The van der Waals surface area contributed by atoms with Crippen LogP contribution in [0.4, 0.5) is 0 Å². The Hall–Kier alpha value is -0.900. The average Bonchev–Trinajstić information content (AvgIpc) is 3.14. The number of guanidine groups is 1. The molecule has 1 unspecified atom stereocenters.